The van der Waals surface area contributed by atoms with E-state index in [9.17, 15) is 0 Å². The van der Waals surface area contributed by atoms with Gasteiger partial charge < -0.3 is 10.1 Å². The van der Waals surface area contributed by atoms with Crippen molar-refractivity contribution in [3.05, 3.63) is 66.3 Å². The van der Waals surface area contributed by atoms with Gasteiger partial charge in [0.1, 0.15) is 11.2 Å². The van der Waals surface area contributed by atoms with Crippen molar-refractivity contribution in [2.24, 2.45) is 5.16 Å². The molecular formula is C19H22N4OS. The number of aromatic nitrogens is 2. The minimum Gasteiger partial charge on any atom is -0.411 e. The largest absolute Gasteiger partial charge is 0.411 e. The summed E-state index contributed by atoms with van der Waals surface area (Å²) < 4.78 is 2.11. The van der Waals surface area contributed by atoms with E-state index in [1.54, 1.807) is 11.8 Å². The maximum atomic E-state index is 9.05. The van der Waals surface area contributed by atoms with Gasteiger partial charge in [-0.05, 0) is 24.1 Å². The summed E-state index contributed by atoms with van der Waals surface area (Å²) >= 11 is 1.69. The summed E-state index contributed by atoms with van der Waals surface area (Å²) in [6, 6.07) is 10.3. The third-order valence-electron chi connectivity index (χ3n) is 3.86. The van der Waals surface area contributed by atoms with E-state index in [0.29, 0.717) is 12.5 Å². The van der Waals surface area contributed by atoms with Crippen molar-refractivity contribution in [3.63, 3.8) is 0 Å². The highest BCUT2D eigenvalue weighted by Gasteiger charge is 2.21. The van der Waals surface area contributed by atoms with Gasteiger partial charge in [-0.2, -0.15) is 0 Å². The predicted molar refractivity (Wildman–Crippen MR) is 101 cm³/mol. The van der Waals surface area contributed by atoms with Gasteiger partial charge in [-0.25, -0.2) is 4.98 Å². The number of benzene rings is 1. The molecule has 130 valence electrons. The lowest BCUT2D eigenvalue weighted by molar-refractivity contribution is 0.312. The standard InChI is InChI=1S/C19H22N4OS/c1-15(2)18-19(25-16-9-5-3-6-10-16)23(17(21-18)13-20-24)14-22-11-7-4-8-12-22/h3-11,13,15,24H,12,14H2,1-2H3. The Morgan fingerprint density at radius 2 is 2.08 bits per heavy atom. The summed E-state index contributed by atoms with van der Waals surface area (Å²) in [6.07, 6.45) is 9.65. The zero-order chi connectivity index (χ0) is 17.6. The van der Waals surface area contributed by atoms with Crippen molar-refractivity contribution >= 4 is 18.0 Å². The summed E-state index contributed by atoms with van der Waals surface area (Å²) in [5, 5.41) is 13.3. The van der Waals surface area contributed by atoms with Crippen molar-refractivity contribution in [2.45, 2.75) is 36.4 Å². The zero-order valence-electron chi connectivity index (χ0n) is 14.4. The van der Waals surface area contributed by atoms with Crippen LogP contribution in [0.1, 0.15) is 31.3 Å². The molecule has 0 unspecified atom stereocenters. The lowest BCUT2D eigenvalue weighted by atomic mass is 10.1. The minimum absolute atomic E-state index is 0.273. The number of allylic oxidation sites excluding steroid dienone is 2. The molecule has 0 radical (unpaired) electrons. The molecule has 0 aliphatic carbocycles. The van der Waals surface area contributed by atoms with E-state index in [4.69, 9.17) is 10.2 Å². The molecule has 1 aliphatic heterocycles. The quantitative estimate of drug-likeness (QED) is 0.477. The fraction of sp³-hybridized carbons (Fsp3) is 0.263. The lowest BCUT2D eigenvalue weighted by Gasteiger charge is -2.23. The van der Waals surface area contributed by atoms with Gasteiger partial charge in [-0.15, -0.1) is 0 Å². The lowest BCUT2D eigenvalue weighted by Crippen LogP contribution is -2.24. The molecule has 0 amide bonds. The Morgan fingerprint density at radius 1 is 1.28 bits per heavy atom. The monoisotopic (exact) mass is 354 g/mol. The third-order valence-corrected chi connectivity index (χ3v) is 4.99. The van der Waals surface area contributed by atoms with Gasteiger partial charge in [0.25, 0.3) is 0 Å². The maximum absolute atomic E-state index is 9.05. The molecule has 0 fully saturated rings. The highest BCUT2D eigenvalue weighted by molar-refractivity contribution is 7.99. The van der Waals surface area contributed by atoms with Crippen LogP contribution in [0.2, 0.25) is 0 Å². The number of nitrogens with zero attached hydrogens (tertiary/aromatic N) is 4. The number of hydrogen-bond acceptors (Lipinski definition) is 5. The number of oxime groups is 1. The van der Waals surface area contributed by atoms with Crippen molar-refractivity contribution in [1.29, 1.82) is 0 Å². The van der Waals surface area contributed by atoms with Crippen LogP contribution in [-0.2, 0) is 6.67 Å². The molecule has 2 aromatic rings. The summed E-state index contributed by atoms with van der Waals surface area (Å²) in [7, 11) is 0. The predicted octanol–water partition coefficient (Wildman–Crippen LogP) is 4.31. The van der Waals surface area contributed by atoms with Gasteiger partial charge in [-0.1, -0.05) is 61.1 Å². The topological polar surface area (TPSA) is 53.7 Å². The van der Waals surface area contributed by atoms with Gasteiger partial charge in [-0.3, -0.25) is 4.57 Å². The smallest absolute Gasteiger partial charge is 0.157 e. The molecule has 25 heavy (non-hydrogen) atoms. The molecule has 1 N–H and O–H groups in total. The van der Waals surface area contributed by atoms with Crippen LogP contribution in [0.3, 0.4) is 0 Å². The second-order valence-corrected chi connectivity index (χ2v) is 7.15. The Balaban J connectivity index is 2.01. The SMILES string of the molecule is CC(C)c1nc(C=NO)n(CN2C=CC=CC2)c1Sc1ccccc1. The van der Waals surface area contributed by atoms with E-state index in [2.05, 4.69) is 52.9 Å². The molecular weight excluding hydrogens is 332 g/mol. The first-order chi connectivity index (χ1) is 12.2. The van der Waals surface area contributed by atoms with E-state index in [0.717, 1.165) is 22.2 Å². The van der Waals surface area contributed by atoms with E-state index in [1.165, 1.54) is 6.21 Å². The van der Waals surface area contributed by atoms with Gasteiger partial charge in [0.2, 0.25) is 0 Å². The summed E-state index contributed by atoms with van der Waals surface area (Å²) in [4.78, 5) is 8.07. The second-order valence-electron chi connectivity index (χ2n) is 6.09. The van der Waals surface area contributed by atoms with Crippen LogP contribution in [0.25, 0.3) is 0 Å². The highest BCUT2D eigenvalue weighted by atomic mass is 32.2. The Bertz CT molecular complexity index is 793. The number of rotatable bonds is 6. The first kappa shape index (κ1) is 17.4. The molecule has 6 heteroatoms. The fourth-order valence-corrected chi connectivity index (χ4v) is 3.80. The molecule has 0 atom stereocenters. The number of imidazole rings is 1. The van der Waals surface area contributed by atoms with E-state index < -0.39 is 0 Å². The molecule has 1 aliphatic rings. The molecule has 1 aromatic heterocycles. The average Bonchev–Trinajstić information content (AvgIpc) is 2.95. The highest BCUT2D eigenvalue weighted by Crippen LogP contribution is 2.34. The molecule has 0 spiro atoms. The van der Waals surface area contributed by atoms with Crippen LogP contribution in [0.4, 0.5) is 0 Å². The maximum Gasteiger partial charge on any atom is 0.157 e. The van der Waals surface area contributed by atoms with Crippen molar-refractivity contribution in [3.8, 4) is 0 Å². The summed E-state index contributed by atoms with van der Waals surface area (Å²) in [6.45, 7) is 5.75. The normalized spacial score (nSPS) is 14.1. The summed E-state index contributed by atoms with van der Waals surface area (Å²) in [5.74, 6) is 0.933. The van der Waals surface area contributed by atoms with Crippen LogP contribution in [0.15, 0.2) is 69.8 Å². The van der Waals surface area contributed by atoms with E-state index in [-0.39, 0.29) is 5.92 Å². The second kappa shape index (κ2) is 8.07. The van der Waals surface area contributed by atoms with Gasteiger partial charge >= 0.3 is 0 Å². The first-order valence-electron chi connectivity index (χ1n) is 8.27. The summed E-state index contributed by atoms with van der Waals surface area (Å²) in [5.41, 5.74) is 1.01. The Labute approximate surface area is 152 Å². The third kappa shape index (κ3) is 4.14. The van der Waals surface area contributed by atoms with Gasteiger partial charge in [0.05, 0.1) is 12.4 Å². The Kier molecular flexibility index (Phi) is 5.60. The van der Waals surface area contributed by atoms with E-state index >= 15 is 0 Å². The van der Waals surface area contributed by atoms with Crippen molar-refractivity contribution < 1.29 is 5.21 Å². The Morgan fingerprint density at radius 3 is 2.72 bits per heavy atom. The average molecular weight is 354 g/mol. The zero-order valence-corrected chi connectivity index (χ0v) is 15.2. The molecule has 5 nitrogen and oxygen atoms in total. The molecule has 2 heterocycles. The molecule has 3 rings (SSSR count). The van der Waals surface area contributed by atoms with E-state index in [1.807, 2.05) is 30.4 Å². The molecule has 0 saturated carbocycles. The first-order valence-corrected chi connectivity index (χ1v) is 9.09. The van der Waals surface area contributed by atoms with Crippen LogP contribution in [-0.4, -0.2) is 32.4 Å². The molecule has 1 aromatic carbocycles. The minimum atomic E-state index is 0.273. The number of hydrogen-bond donors (Lipinski definition) is 1. The van der Waals surface area contributed by atoms with Crippen LogP contribution < -0.4 is 0 Å². The van der Waals surface area contributed by atoms with Crippen molar-refractivity contribution in [1.82, 2.24) is 14.5 Å². The fourth-order valence-electron chi connectivity index (χ4n) is 2.64. The van der Waals surface area contributed by atoms with Crippen LogP contribution in [0.5, 0.6) is 0 Å². The Hall–Kier alpha value is -2.47. The van der Waals surface area contributed by atoms with Gasteiger partial charge in [0.15, 0.2) is 5.82 Å². The van der Waals surface area contributed by atoms with Crippen LogP contribution in [0, 0.1) is 0 Å². The molecule has 0 saturated heterocycles. The molecule has 0 bridgehead atoms. The van der Waals surface area contributed by atoms with Crippen molar-refractivity contribution in [2.75, 3.05) is 6.54 Å². The van der Waals surface area contributed by atoms with Gasteiger partial charge in [0, 0.05) is 17.6 Å². The van der Waals surface area contributed by atoms with Crippen LogP contribution >= 0.6 is 11.8 Å².